The number of carbonyl (C=O) groups is 1. The second-order valence-electron chi connectivity index (χ2n) is 18.4. The second-order valence-corrected chi connectivity index (χ2v) is 18.4. The van der Waals surface area contributed by atoms with Crippen LogP contribution in [-0.2, 0) is 38.0 Å². The molecule has 6 fully saturated rings. The summed E-state index contributed by atoms with van der Waals surface area (Å²) in [6, 6.07) is 0. The highest BCUT2D eigenvalue weighted by atomic mass is 16.7. The molecule has 11 nitrogen and oxygen atoms in total. The molecule has 6 rings (SSSR count). The minimum absolute atomic E-state index is 0.00727. The summed E-state index contributed by atoms with van der Waals surface area (Å²) in [4.78, 5) is 11.8. The molecule has 6 heterocycles. The van der Waals surface area contributed by atoms with Crippen LogP contribution in [-0.4, -0.2) is 107 Å². The Morgan fingerprint density at radius 1 is 0.863 bits per heavy atom. The summed E-state index contributed by atoms with van der Waals surface area (Å²) >= 11 is 0. The zero-order chi connectivity index (χ0) is 37.3. The lowest BCUT2D eigenvalue weighted by molar-refractivity contribution is -0.353. The quantitative estimate of drug-likeness (QED) is 0.269. The average molecular weight is 725 g/mol. The predicted octanol–water partition coefficient (Wildman–Crippen LogP) is 5.71. The maximum Gasteiger partial charge on any atom is 0.308 e. The number of carboxylic acids is 1. The molecule has 3 N–H and O–H groups in total. The molecule has 0 aliphatic carbocycles. The smallest absolute Gasteiger partial charge is 0.308 e. The van der Waals surface area contributed by atoms with Gasteiger partial charge in [-0.1, -0.05) is 41.5 Å². The van der Waals surface area contributed by atoms with Crippen molar-refractivity contribution in [1.29, 1.82) is 0 Å². The van der Waals surface area contributed by atoms with E-state index in [2.05, 4.69) is 48.5 Å². The van der Waals surface area contributed by atoms with Crippen LogP contribution < -0.4 is 0 Å². The van der Waals surface area contributed by atoms with Gasteiger partial charge in [0.15, 0.2) is 11.6 Å². The van der Waals surface area contributed by atoms with Gasteiger partial charge in [-0.05, 0) is 83.5 Å². The zero-order valence-electron chi connectivity index (χ0n) is 32.8. The minimum atomic E-state index is -1.55. The molecule has 0 aromatic carbocycles. The molecule has 6 aliphatic heterocycles. The first-order valence-electron chi connectivity index (χ1n) is 20.0. The number of methoxy groups -OCH3 is 1. The Kier molecular flexibility index (Phi) is 11.4. The van der Waals surface area contributed by atoms with Gasteiger partial charge in [0, 0.05) is 37.7 Å². The van der Waals surface area contributed by atoms with Crippen molar-refractivity contribution in [2.45, 2.75) is 192 Å². The summed E-state index contributed by atoms with van der Waals surface area (Å²) in [5.41, 5.74) is -1.10. The highest BCUT2D eigenvalue weighted by molar-refractivity contribution is 5.70. The number of hydrogen-bond acceptors (Lipinski definition) is 10. The van der Waals surface area contributed by atoms with E-state index in [9.17, 15) is 20.1 Å². The molecule has 0 amide bonds. The molecule has 294 valence electrons. The lowest BCUT2D eigenvalue weighted by Crippen LogP contribution is -2.58. The third-order valence-electron chi connectivity index (χ3n) is 14.4. The normalized spacial score (nSPS) is 54.2. The van der Waals surface area contributed by atoms with Gasteiger partial charge in [-0.2, -0.15) is 0 Å². The van der Waals surface area contributed by atoms with Crippen molar-refractivity contribution in [3.05, 3.63) is 0 Å². The van der Waals surface area contributed by atoms with E-state index >= 15 is 0 Å². The number of ether oxygens (including phenoxy) is 7. The van der Waals surface area contributed by atoms with Gasteiger partial charge in [0.25, 0.3) is 0 Å². The van der Waals surface area contributed by atoms with E-state index < -0.39 is 41.3 Å². The molecule has 0 aromatic rings. The maximum atomic E-state index is 11.8. The molecule has 0 unspecified atom stereocenters. The van der Waals surface area contributed by atoms with Crippen LogP contribution in [0.3, 0.4) is 0 Å². The monoisotopic (exact) mass is 724 g/mol. The summed E-state index contributed by atoms with van der Waals surface area (Å²) in [6.45, 7) is 18.4. The predicted molar refractivity (Wildman–Crippen MR) is 189 cm³/mol. The third-order valence-corrected chi connectivity index (χ3v) is 14.4. The molecular formula is C40H68O11. The number of aliphatic hydroxyl groups is 2. The van der Waals surface area contributed by atoms with E-state index in [0.29, 0.717) is 6.42 Å². The summed E-state index contributed by atoms with van der Waals surface area (Å²) in [5, 5.41) is 30.7. The fourth-order valence-electron chi connectivity index (χ4n) is 11.3. The molecule has 51 heavy (non-hydrogen) atoms. The Morgan fingerprint density at radius 2 is 1.59 bits per heavy atom. The van der Waals surface area contributed by atoms with Crippen LogP contribution in [0.4, 0.5) is 0 Å². The van der Waals surface area contributed by atoms with Crippen molar-refractivity contribution in [3.63, 3.8) is 0 Å². The van der Waals surface area contributed by atoms with Crippen molar-refractivity contribution in [2.75, 3.05) is 13.7 Å². The van der Waals surface area contributed by atoms with Crippen LogP contribution in [0.5, 0.6) is 0 Å². The molecule has 19 atom stereocenters. The largest absolute Gasteiger partial charge is 0.481 e. The third kappa shape index (κ3) is 7.19. The van der Waals surface area contributed by atoms with E-state index in [1.165, 1.54) is 0 Å². The molecule has 6 saturated heterocycles. The summed E-state index contributed by atoms with van der Waals surface area (Å²) in [5.74, 6) is -3.26. The van der Waals surface area contributed by atoms with Gasteiger partial charge in [0.1, 0.15) is 0 Å². The first-order chi connectivity index (χ1) is 23.9. The van der Waals surface area contributed by atoms with Gasteiger partial charge < -0.3 is 48.5 Å². The Labute approximate surface area is 305 Å². The van der Waals surface area contributed by atoms with Crippen LogP contribution in [0, 0.1) is 41.4 Å². The van der Waals surface area contributed by atoms with E-state index in [-0.39, 0.29) is 84.3 Å². The van der Waals surface area contributed by atoms with E-state index in [0.717, 1.165) is 51.4 Å². The van der Waals surface area contributed by atoms with Crippen molar-refractivity contribution in [1.82, 2.24) is 0 Å². The van der Waals surface area contributed by atoms with Crippen molar-refractivity contribution < 1.29 is 53.3 Å². The van der Waals surface area contributed by atoms with Gasteiger partial charge in [0.05, 0.1) is 72.6 Å². The molecule has 1 spiro atoms. The summed E-state index contributed by atoms with van der Waals surface area (Å²) < 4.78 is 47.0. The van der Waals surface area contributed by atoms with Gasteiger partial charge in [-0.3, -0.25) is 4.79 Å². The highest BCUT2D eigenvalue weighted by Gasteiger charge is 2.65. The molecule has 0 aromatic heterocycles. The number of carboxylic acid groups (broad SMARTS) is 1. The standard InChI is InChI=1S/C40H68O11/c1-21-11-12-28(46-33(21)26(6)36(42)43)17-29-18-30(45-10)27(7)40(48-29)25(5)19-38(9,51-40)32-13-14-37(8,49-32)35-23(3)16-31(47-35)34-22(2)15-24(4)39(44,20-41)50-34/h21-35,41,44H,11-20H2,1-10H3,(H,42,43)/t21-,22-,23-,24+,25+,26+,27+,28+,29-,30+,31+,32+,33+,34-,35+,37-,38-,39-,40+/m0/s1. The lowest BCUT2D eigenvalue weighted by atomic mass is 9.78. The number of aliphatic carboxylic acids is 1. The van der Waals surface area contributed by atoms with E-state index in [4.69, 9.17) is 33.2 Å². The van der Waals surface area contributed by atoms with Gasteiger partial charge >= 0.3 is 5.97 Å². The fourth-order valence-corrected chi connectivity index (χ4v) is 11.3. The van der Waals surface area contributed by atoms with Crippen LogP contribution in [0.25, 0.3) is 0 Å². The molecule has 0 saturated carbocycles. The molecule has 6 aliphatic rings. The van der Waals surface area contributed by atoms with E-state index in [1.54, 1.807) is 14.0 Å². The Balaban J connectivity index is 1.13. The number of hydrogen-bond donors (Lipinski definition) is 3. The van der Waals surface area contributed by atoms with Crippen LogP contribution in [0.15, 0.2) is 0 Å². The topological polar surface area (TPSA) is 142 Å². The maximum absolute atomic E-state index is 11.8. The van der Waals surface area contributed by atoms with Crippen LogP contribution in [0.1, 0.15) is 120 Å². The average Bonchev–Trinajstić information content (AvgIpc) is 3.75. The summed E-state index contributed by atoms with van der Waals surface area (Å²) in [7, 11) is 1.77. The van der Waals surface area contributed by atoms with Crippen molar-refractivity contribution >= 4 is 5.97 Å². The van der Waals surface area contributed by atoms with E-state index in [1.807, 2.05) is 6.92 Å². The van der Waals surface area contributed by atoms with Gasteiger partial charge in [0.2, 0.25) is 0 Å². The van der Waals surface area contributed by atoms with Crippen molar-refractivity contribution in [2.24, 2.45) is 41.4 Å². The highest BCUT2D eigenvalue weighted by Crippen LogP contribution is 2.57. The first-order valence-corrected chi connectivity index (χ1v) is 20.0. The van der Waals surface area contributed by atoms with Gasteiger partial charge in [-0.25, -0.2) is 0 Å². The first kappa shape index (κ1) is 39.8. The van der Waals surface area contributed by atoms with Gasteiger partial charge in [-0.15, -0.1) is 0 Å². The van der Waals surface area contributed by atoms with Crippen molar-refractivity contribution in [3.8, 4) is 0 Å². The van der Waals surface area contributed by atoms with Crippen LogP contribution >= 0.6 is 0 Å². The second kappa shape index (κ2) is 14.6. The SMILES string of the molecule is CO[C@@H]1C[C@H](C[C@H]2CC[C@H](C)[C@H]([C@@H](C)C(=O)O)O2)O[C@]2(O[C@](C)([C@H]3CC[C@@](C)([C@@H]4O[C@@H]([C@H]5O[C@@](O)(CO)[C@H](C)C[C@@H]5C)C[C@@H]4C)O3)C[C@H]2C)[C@@H]1C. The molecule has 0 bridgehead atoms. The minimum Gasteiger partial charge on any atom is -0.481 e. The Morgan fingerprint density at radius 3 is 2.25 bits per heavy atom. The molecule has 0 radical (unpaired) electrons. The fraction of sp³-hybridized carbons (Fsp3) is 0.975. The molecule has 11 heteroatoms. The number of aliphatic hydroxyl groups excluding tert-OH is 1. The van der Waals surface area contributed by atoms with Crippen LogP contribution in [0.2, 0.25) is 0 Å². The zero-order valence-corrected chi connectivity index (χ0v) is 32.8. The molecular weight excluding hydrogens is 656 g/mol. The lowest BCUT2D eigenvalue weighted by Gasteiger charge is -2.50. The summed E-state index contributed by atoms with van der Waals surface area (Å²) in [6.07, 6.45) is 5.85. The Bertz CT molecular complexity index is 1230. The Hall–Kier alpha value is -0.890. The number of rotatable bonds is 9.